The summed E-state index contributed by atoms with van der Waals surface area (Å²) in [4.78, 5) is 32.6. The molecule has 1 saturated carbocycles. The Labute approximate surface area is 147 Å². The molecule has 1 N–H and O–H groups in total. The fourth-order valence-electron chi connectivity index (χ4n) is 3.90. The normalized spacial score (nSPS) is 25.0. The second-order valence-electron chi connectivity index (χ2n) is 7.49. The van der Waals surface area contributed by atoms with E-state index in [1.54, 1.807) is 0 Å². The molecule has 0 spiro atoms. The lowest BCUT2D eigenvalue weighted by Gasteiger charge is -2.39. The molecule has 132 valence electrons. The van der Waals surface area contributed by atoms with E-state index in [1.807, 2.05) is 25.7 Å². The SMILES string of the molecule is Cc1nc(C)c(C(=O)N2CCC[C@](C)(C(=O)NC3CCCC3)C2)s1. The molecule has 0 aromatic carbocycles. The van der Waals surface area contributed by atoms with Crippen LogP contribution in [0.1, 0.15) is 65.8 Å². The number of hydrogen-bond donors (Lipinski definition) is 1. The first-order chi connectivity index (χ1) is 11.4. The van der Waals surface area contributed by atoms with Crippen LogP contribution in [0.25, 0.3) is 0 Å². The zero-order chi connectivity index (χ0) is 17.3. The summed E-state index contributed by atoms with van der Waals surface area (Å²) in [5, 5.41) is 4.13. The molecule has 2 heterocycles. The fourth-order valence-corrected chi connectivity index (χ4v) is 4.79. The number of carbonyl (C=O) groups excluding carboxylic acids is 2. The first-order valence-electron chi connectivity index (χ1n) is 8.93. The average Bonchev–Trinajstić information content (AvgIpc) is 3.16. The maximum Gasteiger partial charge on any atom is 0.265 e. The predicted octanol–water partition coefficient (Wildman–Crippen LogP) is 3.06. The number of hydrogen-bond acceptors (Lipinski definition) is 4. The summed E-state index contributed by atoms with van der Waals surface area (Å²) >= 11 is 1.45. The topological polar surface area (TPSA) is 62.3 Å². The van der Waals surface area contributed by atoms with Crippen molar-refractivity contribution in [2.24, 2.45) is 5.41 Å². The van der Waals surface area contributed by atoms with Crippen LogP contribution in [-0.2, 0) is 4.79 Å². The van der Waals surface area contributed by atoms with Crippen LogP contribution in [0, 0.1) is 19.3 Å². The Kier molecular flexibility index (Phi) is 4.95. The summed E-state index contributed by atoms with van der Waals surface area (Å²) < 4.78 is 0. The van der Waals surface area contributed by atoms with Gasteiger partial charge in [-0.15, -0.1) is 11.3 Å². The Morgan fingerprint density at radius 2 is 1.96 bits per heavy atom. The van der Waals surface area contributed by atoms with Gasteiger partial charge in [0.2, 0.25) is 5.91 Å². The highest BCUT2D eigenvalue weighted by atomic mass is 32.1. The average molecular weight is 350 g/mol. The molecule has 6 heteroatoms. The number of nitrogens with one attached hydrogen (secondary N) is 1. The molecule has 1 aliphatic heterocycles. The van der Waals surface area contributed by atoms with Crippen molar-refractivity contribution in [2.75, 3.05) is 13.1 Å². The largest absolute Gasteiger partial charge is 0.353 e. The van der Waals surface area contributed by atoms with Crippen LogP contribution in [0.4, 0.5) is 0 Å². The highest BCUT2D eigenvalue weighted by Gasteiger charge is 2.40. The smallest absolute Gasteiger partial charge is 0.265 e. The zero-order valence-electron chi connectivity index (χ0n) is 14.9. The van der Waals surface area contributed by atoms with Gasteiger partial charge in [0, 0.05) is 19.1 Å². The maximum absolute atomic E-state index is 12.9. The quantitative estimate of drug-likeness (QED) is 0.912. The van der Waals surface area contributed by atoms with Crippen molar-refractivity contribution in [3.63, 3.8) is 0 Å². The Bertz CT molecular complexity index is 636. The van der Waals surface area contributed by atoms with Gasteiger partial charge in [-0.3, -0.25) is 9.59 Å². The molecule has 1 aromatic rings. The van der Waals surface area contributed by atoms with E-state index in [9.17, 15) is 9.59 Å². The lowest BCUT2D eigenvalue weighted by Crippen LogP contribution is -2.53. The molecule has 0 unspecified atom stereocenters. The summed E-state index contributed by atoms with van der Waals surface area (Å²) in [6.45, 7) is 7.03. The number of piperidine rings is 1. The lowest BCUT2D eigenvalue weighted by molar-refractivity contribution is -0.133. The number of nitrogens with zero attached hydrogens (tertiary/aromatic N) is 2. The number of thiazole rings is 1. The van der Waals surface area contributed by atoms with Crippen LogP contribution in [0.15, 0.2) is 0 Å². The summed E-state index contributed by atoms with van der Waals surface area (Å²) in [6, 6.07) is 0.326. The summed E-state index contributed by atoms with van der Waals surface area (Å²) in [5.41, 5.74) is 0.314. The van der Waals surface area contributed by atoms with Gasteiger partial charge in [-0.05, 0) is 46.5 Å². The number of rotatable bonds is 3. The Balaban J connectivity index is 1.69. The lowest BCUT2D eigenvalue weighted by atomic mass is 9.80. The Morgan fingerprint density at radius 1 is 1.25 bits per heavy atom. The van der Waals surface area contributed by atoms with Crippen molar-refractivity contribution in [3.05, 3.63) is 15.6 Å². The molecular weight excluding hydrogens is 322 g/mol. The van der Waals surface area contributed by atoms with E-state index in [-0.39, 0.29) is 11.8 Å². The second kappa shape index (κ2) is 6.82. The van der Waals surface area contributed by atoms with E-state index in [0.29, 0.717) is 17.5 Å². The minimum atomic E-state index is -0.482. The molecular formula is C18H27N3O2S. The number of aryl methyl sites for hydroxylation is 2. The van der Waals surface area contributed by atoms with Gasteiger partial charge >= 0.3 is 0 Å². The van der Waals surface area contributed by atoms with Crippen molar-refractivity contribution in [1.82, 2.24) is 15.2 Å². The Hall–Kier alpha value is -1.43. The van der Waals surface area contributed by atoms with Crippen molar-refractivity contribution in [3.8, 4) is 0 Å². The number of carbonyl (C=O) groups is 2. The van der Waals surface area contributed by atoms with E-state index in [2.05, 4.69) is 10.3 Å². The van der Waals surface area contributed by atoms with Crippen LogP contribution in [0.5, 0.6) is 0 Å². The molecule has 0 radical (unpaired) electrons. The van der Waals surface area contributed by atoms with Gasteiger partial charge in [-0.1, -0.05) is 12.8 Å². The minimum Gasteiger partial charge on any atom is -0.353 e. The van der Waals surface area contributed by atoms with Gasteiger partial charge in [0.25, 0.3) is 5.91 Å². The third-order valence-corrected chi connectivity index (χ3v) is 6.38. The van der Waals surface area contributed by atoms with Crippen molar-refractivity contribution < 1.29 is 9.59 Å². The molecule has 1 aromatic heterocycles. The van der Waals surface area contributed by atoms with Crippen LogP contribution < -0.4 is 5.32 Å². The predicted molar refractivity (Wildman–Crippen MR) is 95.2 cm³/mol. The van der Waals surface area contributed by atoms with Crippen LogP contribution in [0.2, 0.25) is 0 Å². The highest BCUT2D eigenvalue weighted by Crippen LogP contribution is 2.32. The molecule has 2 aliphatic rings. The molecule has 2 fully saturated rings. The van der Waals surface area contributed by atoms with Gasteiger partial charge in [0.15, 0.2) is 0 Å². The van der Waals surface area contributed by atoms with E-state index in [1.165, 1.54) is 24.2 Å². The molecule has 1 saturated heterocycles. The molecule has 5 nitrogen and oxygen atoms in total. The van der Waals surface area contributed by atoms with Gasteiger partial charge < -0.3 is 10.2 Å². The monoisotopic (exact) mass is 349 g/mol. The number of amides is 2. The molecule has 1 aliphatic carbocycles. The maximum atomic E-state index is 12.9. The number of aromatic nitrogens is 1. The van der Waals surface area contributed by atoms with Gasteiger partial charge in [-0.2, -0.15) is 0 Å². The van der Waals surface area contributed by atoms with Crippen molar-refractivity contribution >= 4 is 23.2 Å². The third kappa shape index (κ3) is 3.48. The standard InChI is InChI=1S/C18H27N3O2S/c1-12-15(24-13(2)19-12)16(22)21-10-6-9-18(3,11-21)17(23)20-14-7-4-5-8-14/h14H,4-11H2,1-3H3,(H,20,23)/t18-/m0/s1. The molecule has 0 bridgehead atoms. The van der Waals surface area contributed by atoms with E-state index in [4.69, 9.17) is 0 Å². The summed E-state index contributed by atoms with van der Waals surface area (Å²) in [6.07, 6.45) is 6.30. The molecule has 2 amide bonds. The molecule has 3 rings (SSSR count). The van der Waals surface area contributed by atoms with Crippen LogP contribution in [0.3, 0.4) is 0 Å². The van der Waals surface area contributed by atoms with E-state index < -0.39 is 5.41 Å². The zero-order valence-corrected chi connectivity index (χ0v) is 15.7. The van der Waals surface area contributed by atoms with E-state index >= 15 is 0 Å². The van der Waals surface area contributed by atoms with Crippen molar-refractivity contribution in [2.45, 2.75) is 65.3 Å². The number of likely N-dealkylation sites (tertiary alicyclic amines) is 1. The van der Waals surface area contributed by atoms with Gasteiger partial charge in [0.1, 0.15) is 4.88 Å². The Morgan fingerprint density at radius 3 is 2.58 bits per heavy atom. The van der Waals surface area contributed by atoms with Gasteiger partial charge in [0.05, 0.1) is 16.1 Å². The third-order valence-electron chi connectivity index (χ3n) is 5.32. The van der Waals surface area contributed by atoms with Crippen LogP contribution in [-0.4, -0.2) is 40.8 Å². The highest BCUT2D eigenvalue weighted by molar-refractivity contribution is 7.13. The first-order valence-corrected chi connectivity index (χ1v) is 9.75. The summed E-state index contributed by atoms with van der Waals surface area (Å²) in [7, 11) is 0. The first kappa shape index (κ1) is 17.4. The second-order valence-corrected chi connectivity index (χ2v) is 8.70. The fraction of sp³-hybridized carbons (Fsp3) is 0.722. The van der Waals surface area contributed by atoms with E-state index in [0.717, 1.165) is 42.9 Å². The van der Waals surface area contributed by atoms with Crippen LogP contribution >= 0.6 is 11.3 Å². The van der Waals surface area contributed by atoms with Gasteiger partial charge in [-0.25, -0.2) is 4.98 Å². The van der Waals surface area contributed by atoms with Crippen molar-refractivity contribution in [1.29, 1.82) is 0 Å². The molecule has 24 heavy (non-hydrogen) atoms. The minimum absolute atomic E-state index is 0.0256. The summed E-state index contributed by atoms with van der Waals surface area (Å²) in [5.74, 6) is 0.141. The molecule has 1 atom stereocenters.